The predicted octanol–water partition coefficient (Wildman–Crippen LogP) is 2.90. The Morgan fingerprint density at radius 2 is 2.00 bits per heavy atom. The van der Waals surface area contributed by atoms with Crippen LogP contribution >= 0.6 is 23.2 Å². The molecule has 0 fully saturated rings. The maximum absolute atomic E-state index is 12.7. The Hall–Kier alpha value is -1.86. The Morgan fingerprint density at radius 3 is 2.57 bits per heavy atom. The van der Waals surface area contributed by atoms with Crippen LogP contribution < -0.4 is 5.69 Å². The Bertz CT molecular complexity index is 787. The lowest BCUT2D eigenvalue weighted by atomic mass is 10.1. The number of aliphatic carboxylic acids is 1. The molecule has 0 spiro atoms. The third-order valence-corrected chi connectivity index (χ3v) is 3.73. The summed E-state index contributed by atoms with van der Waals surface area (Å²) in [6.45, 7) is -1.41. The molecule has 0 saturated carbocycles. The van der Waals surface area contributed by atoms with Crippen LogP contribution in [0, 0.1) is 0 Å². The Kier molecular flexibility index (Phi) is 5.43. The number of hydrogen-bond acceptors (Lipinski definition) is 2. The van der Waals surface area contributed by atoms with Gasteiger partial charge in [0, 0.05) is 28.4 Å². The molecule has 124 valence electrons. The molecule has 1 aromatic carbocycles. The maximum atomic E-state index is 12.7. The van der Waals surface area contributed by atoms with E-state index in [9.17, 15) is 18.4 Å². The van der Waals surface area contributed by atoms with Gasteiger partial charge in [-0.25, -0.2) is 13.6 Å². The van der Waals surface area contributed by atoms with Gasteiger partial charge in [-0.2, -0.15) is 0 Å². The molecule has 5 nitrogen and oxygen atoms in total. The summed E-state index contributed by atoms with van der Waals surface area (Å²) in [7, 11) is 0. The average molecular weight is 365 g/mol. The summed E-state index contributed by atoms with van der Waals surface area (Å²) in [5, 5.41) is 9.54. The molecule has 0 aliphatic carbocycles. The third kappa shape index (κ3) is 4.33. The zero-order valence-electron chi connectivity index (χ0n) is 11.7. The maximum Gasteiger partial charge on any atom is 0.329 e. The molecule has 2 rings (SSSR count). The van der Waals surface area contributed by atoms with Crippen molar-refractivity contribution < 1.29 is 18.7 Å². The molecule has 1 N–H and O–H groups in total. The number of nitrogens with zero attached hydrogens (tertiary/aromatic N) is 2. The van der Waals surface area contributed by atoms with Crippen LogP contribution in [-0.2, 0) is 24.3 Å². The highest BCUT2D eigenvalue weighted by Crippen LogP contribution is 2.23. The first-order chi connectivity index (χ1) is 10.8. The Labute approximate surface area is 139 Å². The summed E-state index contributed by atoms with van der Waals surface area (Å²) in [6, 6.07) is 4.71. The molecule has 0 atom stereocenters. The Morgan fingerprint density at radius 1 is 1.30 bits per heavy atom. The summed E-state index contributed by atoms with van der Waals surface area (Å²) in [4.78, 5) is 22.8. The SMILES string of the molecule is O=C(O)Cn1cc(Cc2ccc(Cl)cc2Cl)n(CC(F)F)c1=O. The van der Waals surface area contributed by atoms with Crippen molar-refractivity contribution >= 4 is 29.2 Å². The third-order valence-electron chi connectivity index (χ3n) is 3.14. The highest BCUT2D eigenvalue weighted by Gasteiger charge is 2.17. The van der Waals surface area contributed by atoms with Gasteiger partial charge in [0.15, 0.2) is 0 Å². The molecule has 0 saturated heterocycles. The molecule has 23 heavy (non-hydrogen) atoms. The van der Waals surface area contributed by atoms with E-state index in [0.29, 0.717) is 15.6 Å². The molecular formula is C14H12Cl2F2N2O3. The molecule has 0 radical (unpaired) electrons. The fourth-order valence-corrected chi connectivity index (χ4v) is 2.65. The molecule has 0 bridgehead atoms. The van der Waals surface area contributed by atoms with E-state index < -0.39 is 31.2 Å². The highest BCUT2D eigenvalue weighted by molar-refractivity contribution is 6.35. The lowest BCUT2D eigenvalue weighted by Crippen LogP contribution is -2.29. The first-order valence-electron chi connectivity index (χ1n) is 6.50. The van der Waals surface area contributed by atoms with Gasteiger partial charge in [-0.3, -0.25) is 13.9 Å². The van der Waals surface area contributed by atoms with Crippen LogP contribution in [0.5, 0.6) is 0 Å². The molecule has 1 heterocycles. The molecule has 0 amide bonds. The number of halogens is 4. The van der Waals surface area contributed by atoms with Gasteiger partial charge in [0.1, 0.15) is 6.54 Å². The fourth-order valence-electron chi connectivity index (χ4n) is 2.18. The first-order valence-corrected chi connectivity index (χ1v) is 7.26. The van der Waals surface area contributed by atoms with E-state index >= 15 is 0 Å². The van der Waals surface area contributed by atoms with Crippen molar-refractivity contribution in [2.24, 2.45) is 0 Å². The lowest BCUT2D eigenvalue weighted by molar-refractivity contribution is -0.137. The van der Waals surface area contributed by atoms with Gasteiger partial charge in [-0.1, -0.05) is 29.3 Å². The van der Waals surface area contributed by atoms with Crippen molar-refractivity contribution in [1.82, 2.24) is 9.13 Å². The van der Waals surface area contributed by atoms with Gasteiger partial charge in [-0.15, -0.1) is 0 Å². The number of imidazole rings is 1. The van der Waals surface area contributed by atoms with Crippen LogP contribution in [0.25, 0.3) is 0 Å². The largest absolute Gasteiger partial charge is 0.480 e. The number of aromatic nitrogens is 2. The van der Waals surface area contributed by atoms with E-state index in [0.717, 1.165) is 9.13 Å². The summed E-state index contributed by atoms with van der Waals surface area (Å²) >= 11 is 11.8. The van der Waals surface area contributed by atoms with Crippen LogP contribution in [0.2, 0.25) is 10.0 Å². The van der Waals surface area contributed by atoms with Gasteiger partial charge >= 0.3 is 11.7 Å². The van der Waals surface area contributed by atoms with Gasteiger partial charge in [0.25, 0.3) is 6.43 Å². The van der Waals surface area contributed by atoms with Crippen LogP contribution in [0.15, 0.2) is 29.2 Å². The van der Waals surface area contributed by atoms with Gasteiger partial charge in [0.05, 0.1) is 6.54 Å². The monoisotopic (exact) mass is 364 g/mol. The second kappa shape index (κ2) is 7.14. The standard InChI is InChI=1S/C14H12Cl2F2N2O3/c15-9-2-1-8(11(16)4-9)3-10-5-19(7-13(21)22)14(23)20(10)6-12(17)18/h1-2,4-5,12H,3,6-7H2,(H,21,22). The second-order valence-corrected chi connectivity index (χ2v) is 5.68. The molecule has 0 aliphatic rings. The molecule has 0 aliphatic heterocycles. The zero-order chi connectivity index (χ0) is 17.1. The van der Waals surface area contributed by atoms with Crippen molar-refractivity contribution in [3.63, 3.8) is 0 Å². The van der Waals surface area contributed by atoms with E-state index in [2.05, 4.69) is 0 Å². The molecule has 0 unspecified atom stereocenters. The summed E-state index contributed by atoms with van der Waals surface area (Å²) in [6.07, 6.45) is -1.39. The van der Waals surface area contributed by atoms with Crippen molar-refractivity contribution in [3.05, 3.63) is 56.2 Å². The molecule has 2 aromatic rings. The summed E-state index contributed by atoms with van der Waals surface area (Å²) < 4.78 is 27.1. The number of carbonyl (C=O) groups is 1. The van der Waals surface area contributed by atoms with Crippen molar-refractivity contribution in [2.75, 3.05) is 0 Å². The molecular weight excluding hydrogens is 353 g/mol. The predicted molar refractivity (Wildman–Crippen MR) is 81.6 cm³/mol. The zero-order valence-corrected chi connectivity index (χ0v) is 13.2. The Balaban J connectivity index is 2.43. The number of carboxylic acids is 1. The highest BCUT2D eigenvalue weighted by atomic mass is 35.5. The van der Waals surface area contributed by atoms with Crippen LogP contribution in [0.4, 0.5) is 8.78 Å². The quantitative estimate of drug-likeness (QED) is 0.856. The van der Waals surface area contributed by atoms with E-state index in [4.69, 9.17) is 28.3 Å². The van der Waals surface area contributed by atoms with Crippen molar-refractivity contribution in [2.45, 2.75) is 25.9 Å². The number of alkyl halides is 2. The molecule has 1 aromatic heterocycles. The number of benzene rings is 1. The van der Waals surface area contributed by atoms with E-state index in [1.165, 1.54) is 12.3 Å². The van der Waals surface area contributed by atoms with Gasteiger partial charge in [-0.05, 0) is 17.7 Å². The van der Waals surface area contributed by atoms with Gasteiger partial charge < -0.3 is 5.11 Å². The van der Waals surface area contributed by atoms with E-state index in [-0.39, 0.29) is 12.1 Å². The minimum atomic E-state index is -2.74. The minimum Gasteiger partial charge on any atom is -0.480 e. The van der Waals surface area contributed by atoms with E-state index in [1.54, 1.807) is 12.1 Å². The van der Waals surface area contributed by atoms with Crippen molar-refractivity contribution in [3.8, 4) is 0 Å². The van der Waals surface area contributed by atoms with E-state index in [1.807, 2.05) is 0 Å². The number of carboxylic acid groups (broad SMARTS) is 1. The molecule has 9 heteroatoms. The topological polar surface area (TPSA) is 64.2 Å². The average Bonchev–Trinajstić information content (AvgIpc) is 2.69. The number of hydrogen-bond donors (Lipinski definition) is 1. The summed E-state index contributed by atoms with van der Waals surface area (Å²) in [5.74, 6) is -1.24. The van der Waals surface area contributed by atoms with Gasteiger partial charge in [0.2, 0.25) is 0 Å². The smallest absolute Gasteiger partial charge is 0.329 e. The lowest BCUT2D eigenvalue weighted by Gasteiger charge is -2.08. The van der Waals surface area contributed by atoms with Crippen LogP contribution in [-0.4, -0.2) is 26.6 Å². The second-order valence-electron chi connectivity index (χ2n) is 4.84. The minimum absolute atomic E-state index is 0.102. The number of rotatable bonds is 6. The fraction of sp³-hybridized carbons (Fsp3) is 0.286. The first kappa shape index (κ1) is 17.5. The normalized spacial score (nSPS) is 11.2. The van der Waals surface area contributed by atoms with Crippen LogP contribution in [0.1, 0.15) is 11.3 Å². The van der Waals surface area contributed by atoms with Crippen LogP contribution in [0.3, 0.4) is 0 Å². The summed E-state index contributed by atoms with van der Waals surface area (Å²) in [5.41, 5.74) is 0.0418. The van der Waals surface area contributed by atoms with Crippen molar-refractivity contribution in [1.29, 1.82) is 0 Å².